The molecular formula is C18H21F3N4O. The first-order chi connectivity index (χ1) is 12.2. The number of carbonyl (C=O) groups excluding carboxylic acids is 1. The van der Waals surface area contributed by atoms with Crippen molar-refractivity contribution in [2.24, 2.45) is 11.7 Å². The number of nitrogens with zero attached hydrogens (tertiary/aromatic N) is 2. The zero-order chi connectivity index (χ0) is 19.1. The van der Waals surface area contributed by atoms with Gasteiger partial charge in [-0.1, -0.05) is 6.07 Å². The summed E-state index contributed by atoms with van der Waals surface area (Å²) in [6.07, 6.45) is -1.02. The van der Waals surface area contributed by atoms with Gasteiger partial charge in [0.15, 0.2) is 0 Å². The number of benzene rings is 1. The van der Waals surface area contributed by atoms with Crippen LogP contribution in [0.15, 0.2) is 30.5 Å². The largest absolute Gasteiger partial charge is 0.416 e. The molecule has 0 spiro atoms. The molecule has 5 nitrogen and oxygen atoms in total. The highest BCUT2D eigenvalue weighted by atomic mass is 19.4. The van der Waals surface area contributed by atoms with Gasteiger partial charge in [0.05, 0.1) is 34.2 Å². The number of nitrogens with two attached hydrogens (primary N) is 1. The summed E-state index contributed by atoms with van der Waals surface area (Å²) in [6, 6.07) is 4.84. The molecular weight excluding hydrogens is 345 g/mol. The Morgan fingerprint density at radius 2 is 2.08 bits per heavy atom. The lowest BCUT2D eigenvalue weighted by Gasteiger charge is -2.29. The summed E-state index contributed by atoms with van der Waals surface area (Å²) in [5.41, 5.74) is 5.62. The van der Waals surface area contributed by atoms with E-state index in [0.29, 0.717) is 23.7 Å². The van der Waals surface area contributed by atoms with Gasteiger partial charge in [0.25, 0.3) is 5.91 Å². The van der Waals surface area contributed by atoms with Crippen molar-refractivity contribution in [1.82, 2.24) is 15.1 Å². The Labute approximate surface area is 149 Å². The molecule has 1 heterocycles. The van der Waals surface area contributed by atoms with Gasteiger partial charge in [0, 0.05) is 6.54 Å². The molecule has 1 unspecified atom stereocenters. The Bertz CT molecular complexity index is 826. The molecule has 0 saturated heterocycles. The Hall–Kier alpha value is -2.35. The number of alkyl halides is 3. The zero-order valence-corrected chi connectivity index (χ0v) is 14.6. The minimum Gasteiger partial charge on any atom is -0.345 e. The van der Waals surface area contributed by atoms with Crippen LogP contribution < -0.4 is 11.1 Å². The van der Waals surface area contributed by atoms with Gasteiger partial charge in [-0.15, -0.1) is 0 Å². The molecule has 8 heteroatoms. The van der Waals surface area contributed by atoms with Crippen molar-refractivity contribution in [3.05, 3.63) is 47.3 Å². The predicted molar refractivity (Wildman–Crippen MR) is 91.0 cm³/mol. The van der Waals surface area contributed by atoms with Crippen LogP contribution in [-0.2, 0) is 6.18 Å². The van der Waals surface area contributed by atoms with Crippen molar-refractivity contribution in [3.63, 3.8) is 0 Å². The number of amides is 1. The Morgan fingerprint density at radius 3 is 2.65 bits per heavy atom. The van der Waals surface area contributed by atoms with Gasteiger partial charge in [-0.05, 0) is 50.8 Å². The fraction of sp³-hybridized carbons (Fsp3) is 0.444. The van der Waals surface area contributed by atoms with Gasteiger partial charge >= 0.3 is 6.18 Å². The molecule has 2 aromatic rings. The molecule has 1 aromatic heterocycles. The van der Waals surface area contributed by atoms with Gasteiger partial charge < -0.3 is 11.1 Å². The number of halogens is 3. The van der Waals surface area contributed by atoms with Crippen molar-refractivity contribution >= 4 is 5.91 Å². The van der Waals surface area contributed by atoms with E-state index in [1.54, 1.807) is 6.92 Å². The molecule has 0 bridgehead atoms. The number of rotatable bonds is 5. The van der Waals surface area contributed by atoms with E-state index in [4.69, 9.17) is 5.73 Å². The van der Waals surface area contributed by atoms with E-state index >= 15 is 0 Å². The molecule has 1 aliphatic rings. The smallest absolute Gasteiger partial charge is 0.345 e. The van der Waals surface area contributed by atoms with Crippen molar-refractivity contribution in [2.75, 3.05) is 6.54 Å². The average Bonchev–Trinajstić information content (AvgIpc) is 3.37. The molecule has 140 valence electrons. The van der Waals surface area contributed by atoms with Crippen molar-refractivity contribution in [1.29, 1.82) is 0 Å². The third kappa shape index (κ3) is 3.46. The quantitative estimate of drug-likeness (QED) is 0.854. The van der Waals surface area contributed by atoms with Crippen LogP contribution in [0.25, 0.3) is 5.69 Å². The van der Waals surface area contributed by atoms with Crippen LogP contribution >= 0.6 is 0 Å². The molecule has 1 amide bonds. The van der Waals surface area contributed by atoms with Crippen molar-refractivity contribution < 1.29 is 18.0 Å². The Morgan fingerprint density at radius 1 is 1.38 bits per heavy atom. The highest BCUT2D eigenvalue weighted by Crippen LogP contribution is 2.39. The fourth-order valence-electron chi connectivity index (χ4n) is 3.07. The third-order valence-corrected chi connectivity index (χ3v) is 4.97. The summed E-state index contributed by atoms with van der Waals surface area (Å²) >= 11 is 0. The maximum atomic E-state index is 12.9. The van der Waals surface area contributed by atoms with E-state index in [9.17, 15) is 18.0 Å². The Balaban J connectivity index is 1.87. The van der Waals surface area contributed by atoms with Gasteiger partial charge in [-0.25, -0.2) is 4.68 Å². The first-order valence-corrected chi connectivity index (χ1v) is 8.40. The number of hydrogen-bond acceptors (Lipinski definition) is 3. The van der Waals surface area contributed by atoms with Gasteiger partial charge in [-0.2, -0.15) is 18.3 Å². The molecule has 3 rings (SSSR count). The number of hydrogen-bond donors (Lipinski definition) is 2. The second-order valence-corrected chi connectivity index (χ2v) is 6.95. The van der Waals surface area contributed by atoms with Crippen LogP contribution in [0.4, 0.5) is 13.2 Å². The molecule has 1 atom stereocenters. The second kappa shape index (κ2) is 6.42. The standard InChI is InChI=1S/C18H21F3N4O/c1-11-15(16(26)24-17(2,10-22)12-6-7-12)9-23-25(11)14-5-3-4-13(8-14)18(19,20)21/h3-5,8-9,12H,6-7,10,22H2,1-2H3,(H,24,26). The number of carbonyl (C=O) groups is 1. The van der Waals surface area contributed by atoms with Crippen LogP contribution in [0.2, 0.25) is 0 Å². The van der Waals surface area contributed by atoms with Crippen LogP contribution in [0.3, 0.4) is 0 Å². The molecule has 1 fully saturated rings. The van der Waals surface area contributed by atoms with Gasteiger partial charge in [-0.3, -0.25) is 4.79 Å². The van der Waals surface area contributed by atoms with E-state index in [-0.39, 0.29) is 11.6 Å². The summed E-state index contributed by atoms with van der Waals surface area (Å²) in [5.74, 6) is 0.0378. The maximum absolute atomic E-state index is 12.9. The molecule has 3 N–H and O–H groups in total. The second-order valence-electron chi connectivity index (χ2n) is 6.95. The third-order valence-electron chi connectivity index (χ3n) is 4.97. The molecule has 26 heavy (non-hydrogen) atoms. The minimum atomic E-state index is -4.44. The maximum Gasteiger partial charge on any atom is 0.416 e. The van der Waals surface area contributed by atoms with Crippen molar-refractivity contribution in [3.8, 4) is 5.69 Å². The number of nitrogens with one attached hydrogen (secondary N) is 1. The van der Waals surface area contributed by atoms with E-state index in [0.717, 1.165) is 25.0 Å². The SMILES string of the molecule is Cc1c(C(=O)NC(C)(CN)C2CC2)cnn1-c1cccc(C(F)(F)F)c1. The molecule has 1 saturated carbocycles. The summed E-state index contributed by atoms with van der Waals surface area (Å²) in [4.78, 5) is 12.6. The summed E-state index contributed by atoms with van der Waals surface area (Å²) in [7, 11) is 0. The predicted octanol–water partition coefficient (Wildman–Crippen LogP) is 3.06. The van der Waals surface area contributed by atoms with E-state index in [1.165, 1.54) is 23.0 Å². The normalized spacial score (nSPS) is 17.0. The van der Waals surface area contributed by atoms with Gasteiger partial charge in [0.2, 0.25) is 0 Å². The highest BCUT2D eigenvalue weighted by molar-refractivity contribution is 5.95. The van der Waals surface area contributed by atoms with E-state index in [2.05, 4.69) is 10.4 Å². The summed E-state index contributed by atoms with van der Waals surface area (Å²) in [6.45, 7) is 3.89. The highest BCUT2D eigenvalue weighted by Gasteiger charge is 2.42. The van der Waals surface area contributed by atoms with Crippen LogP contribution in [0.5, 0.6) is 0 Å². The minimum absolute atomic E-state index is 0.250. The zero-order valence-electron chi connectivity index (χ0n) is 14.6. The van der Waals surface area contributed by atoms with E-state index < -0.39 is 17.3 Å². The Kier molecular flexibility index (Phi) is 4.56. The topological polar surface area (TPSA) is 72.9 Å². The van der Waals surface area contributed by atoms with Gasteiger partial charge in [0.1, 0.15) is 0 Å². The molecule has 0 radical (unpaired) electrons. The lowest BCUT2D eigenvalue weighted by molar-refractivity contribution is -0.137. The lowest BCUT2D eigenvalue weighted by atomic mass is 9.95. The van der Waals surface area contributed by atoms with Crippen LogP contribution in [-0.4, -0.2) is 27.8 Å². The summed E-state index contributed by atoms with van der Waals surface area (Å²) in [5, 5.41) is 7.07. The molecule has 0 aliphatic heterocycles. The van der Waals surface area contributed by atoms with E-state index in [1.807, 2.05) is 6.92 Å². The van der Waals surface area contributed by atoms with Crippen LogP contribution in [0.1, 0.15) is 41.4 Å². The molecule has 1 aliphatic carbocycles. The summed E-state index contributed by atoms with van der Waals surface area (Å²) < 4.78 is 40.1. The molecule has 1 aromatic carbocycles. The lowest BCUT2D eigenvalue weighted by Crippen LogP contribution is -2.53. The average molecular weight is 366 g/mol. The fourth-order valence-corrected chi connectivity index (χ4v) is 3.07. The first-order valence-electron chi connectivity index (χ1n) is 8.40. The first kappa shape index (κ1) is 18.4. The number of aromatic nitrogens is 2. The van der Waals surface area contributed by atoms with Crippen LogP contribution in [0, 0.1) is 12.8 Å². The van der Waals surface area contributed by atoms with Crippen molar-refractivity contribution in [2.45, 2.75) is 38.4 Å². The monoisotopic (exact) mass is 366 g/mol.